The van der Waals surface area contributed by atoms with E-state index in [4.69, 9.17) is 15.0 Å². The van der Waals surface area contributed by atoms with Crippen LogP contribution in [0.25, 0.3) is 89.3 Å². The number of rotatable bonds is 7. The molecule has 0 saturated heterocycles. The maximum atomic E-state index is 5.20. The Morgan fingerprint density at radius 2 is 0.982 bits per heavy atom. The van der Waals surface area contributed by atoms with Gasteiger partial charge in [0, 0.05) is 26.3 Å². The number of hydrogen-bond donors (Lipinski definition) is 0. The van der Waals surface area contributed by atoms with Gasteiger partial charge in [0.15, 0.2) is 17.5 Å². The van der Waals surface area contributed by atoms with E-state index < -0.39 is 0 Å². The Bertz CT molecular complexity index is 2810. The third kappa shape index (κ3) is 6.56. The monoisotopic (exact) mass is 723 g/mol. The van der Waals surface area contributed by atoms with Crippen molar-refractivity contribution in [2.24, 2.45) is 0 Å². The molecule has 0 amide bonds. The van der Waals surface area contributed by atoms with Crippen LogP contribution in [0.1, 0.15) is 35.3 Å². The zero-order valence-corrected chi connectivity index (χ0v) is 31.1. The first-order chi connectivity index (χ1) is 27.2. The second-order valence-corrected chi connectivity index (χ2v) is 15.3. The summed E-state index contributed by atoms with van der Waals surface area (Å²) in [5.74, 6) is 2.03. The van der Waals surface area contributed by atoms with Crippen LogP contribution in [0.2, 0.25) is 0 Å². The zero-order chi connectivity index (χ0) is 36.6. The highest BCUT2D eigenvalue weighted by atomic mass is 32.1. The van der Waals surface area contributed by atoms with Gasteiger partial charge in [-0.25, -0.2) is 15.0 Å². The minimum absolute atomic E-state index is 0.661. The third-order valence-electron chi connectivity index (χ3n) is 10.6. The van der Waals surface area contributed by atoms with Crippen LogP contribution in [0.3, 0.4) is 0 Å². The van der Waals surface area contributed by atoms with Crippen LogP contribution < -0.4 is 0 Å². The van der Waals surface area contributed by atoms with E-state index in [1.54, 1.807) is 0 Å². The molecule has 0 saturated carbocycles. The lowest BCUT2D eigenvalue weighted by Crippen LogP contribution is -2.00. The molecule has 2 aromatic heterocycles. The smallest absolute Gasteiger partial charge is 0.165 e. The number of nitrogens with zero attached hydrogens (tertiary/aromatic N) is 3. The fraction of sp³-hybridized carbons (Fsp3) is 0.0784. The number of hydrogen-bond acceptors (Lipinski definition) is 4. The Morgan fingerprint density at radius 3 is 1.73 bits per heavy atom. The van der Waals surface area contributed by atoms with E-state index in [1.165, 1.54) is 53.9 Å². The van der Waals surface area contributed by atoms with E-state index >= 15 is 0 Å². The number of aryl methyl sites for hydroxylation is 1. The number of benzene rings is 6. The molecule has 2 heterocycles. The molecule has 4 heteroatoms. The standard InChI is InChI=1S/C51H37N3S/c1-4-15-34(16-5-1)41-31-42(35-17-6-2-7-18-35)33-43(32-41)39-23-12-21-37(29-39)38-22-13-24-40(30-38)50-52-49(36-19-8-3-9-20-36)53-51(54-50)46-27-14-26-45-44-25-10-11-28-47(44)55-48(45)46/h1,3-6,8-9,11-24,26-33H,2,7,10,25H2. The molecule has 0 N–H and O–H groups in total. The van der Waals surface area contributed by atoms with Gasteiger partial charge in [0.1, 0.15) is 0 Å². The van der Waals surface area contributed by atoms with Gasteiger partial charge in [0.2, 0.25) is 0 Å². The number of allylic oxidation sites excluding steroid dienone is 5. The average Bonchev–Trinajstić information content (AvgIpc) is 3.66. The predicted molar refractivity (Wildman–Crippen MR) is 232 cm³/mol. The lowest BCUT2D eigenvalue weighted by atomic mass is 9.90. The predicted octanol–water partition coefficient (Wildman–Crippen LogP) is 13.8. The van der Waals surface area contributed by atoms with Crippen LogP contribution in [0.4, 0.5) is 0 Å². The van der Waals surface area contributed by atoms with Crippen molar-refractivity contribution < 1.29 is 0 Å². The molecule has 0 fully saturated rings. The first-order valence-electron chi connectivity index (χ1n) is 19.1. The highest BCUT2D eigenvalue weighted by Gasteiger charge is 2.19. The van der Waals surface area contributed by atoms with Crippen LogP contribution in [0.15, 0.2) is 170 Å². The van der Waals surface area contributed by atoms with E-state index in [9.17, 15) is 0 Å². The van der Waals surface area contributed by atoms with E-state index in [0.29, 0.717) is 17.5 Å². The molecule has 55 heavy (non-hydrogen) atoms. The Kier molecular flexibility index (Phi) is 8.66. The third-order valence-corrected chi connectivity index (χ3v) is 11.9. The summed E-state index contributed by atoms with van der Waals surface area (Å²) in [6.45, 7) is 0. The normalized spacial score (nSPS) is 13.5. The number of aromatic nitrogens is 3. The SMILES string of the molecule is C1=CC(c2cc(-c3ccccc3)cc(-c3cccc(-c4cccc(-c5nc(-c6ccccc6)nc(-c6cccc7c8c(sc67)C=CCC8)n5)c4)c3)c2)=CCC1. The molecular weight excluding hydrogens is 687 g/mol. The molecule has 262 valence electrons. The Balaban J connectivity index is 1.07. The van der Waals surface area contributed by atoms with Gasteiger partial charge in [-0.05, 0) is 124 Å². The summed E-state index contributed by atoms with van der Waals surface area (Å²) in [4.78, 5) is 16.7. The lowest BCUT2D eigenvalue weighted by Gasteiger charge is -2.14. The number of thiophene rings is 1. The van der Waals surface area contributed by atoms with Crippen LogP contribution in [-0.4, -0.2) is 15.0 Å². The molecule has 0 atom stereocenters. The van der Waals surface area contributed by atoms with Gasteiger partial charge < -0.3 is 0 Å². The molecular formula is C51H37N3S. The van der Waals surface area contributed by atoms with Crippen molar-refractivity contribution >= 4 is 33.1 Å². The van der Waals surface area contributed by atoms with Crippen molar-refractivity contribution in [2.75, 3.05) is 0 Å². The molecule has 10 rings (SSSR count). The summed E-state index contributed by atoms with van der Waals surface area (Å²) >= 11 is 1.84. The topological polar surface area (TPSA) is 38.7 Å². The van der Waals surface area contributed by atoms with Crippen molar-refractivity contribution in [3.63, 3.8) is 0 Å². The molecule has 3 nitrogen and oxygen atoms in total. The minimum atomic E-state index is 0.661. The lowest BCUT2D eigenvalue weighted by molar-refractivity contribution is 1.01. The van der Waals surface area contributed by atoms with Gasteiger partial charge in [-0.2, -0.15) is 0 Å². The maximum Gasteiger partial charge on any atom is 0.165 e. The summed E-state index contributed by atoms with van der Waals surface area (Å²) in [5, 5.41) is 1.31. The maximum absolute atomic E-state index is 5.20. The van der Waals surface area contributed by atoms with Crippen molar-refractivity contribution in [3.05, 3.63) is 186 Å². The largest absolute Gasteiger partial charge is 0.208 e. The van der Waals surface area contributed by atoms with Gasteiger partial charge >= 0.3 is 0 Å². The summed E-state index contributed by atoms with van der Waals surface area (Å²) in [6, 6.07) is 51.9. The number of fused-ring (bicyclic) bond motifs is 3. The van der Waals surface area contributed by atoms with Gasteiger partial charge in [0.05, 0.1) is 0 Å². The van der Waals surface area contributed by atoms with Crippen molar-refractivity contribution in [2.45, 2.75) is 25.7 Å². The van der Waals surface area contributed by atoms with Crippen molar-refractivity contribution in [1.29, 1.82) is 0 Å². The summed E-state index contributed by atoms with van der Waals surface area (Å²) in [7, 11) is 0. The highest BCUT2D eigenvalue weighted by molar-refractivity contribution is 7.20. The van der Waals surface area contributed by atoms with Gasteiger partial charge in [0.25, 0.3) is 0 Å². The van der Waals surface area contributed by atoms with Crippen LogP contribution >= 0.6 is 11.3 Å². The summed E-state index contributed by atoms with van der Waals surface area (Å²) in [6.07, 6.45) is 15.8. The Labute approximate surface area is 325 Å². The summed E-state index contributed by atoms with van der Waals surface area (Å²) < 4.78 is 1.23. The Morgan fingerprint density at radius 1 is 0.418 bits per heavy atom. The molecule has 2 aliphatic carbocycles. The van der Waals surface area contributed by atoms with E-state index in [1.807, 2.05) is 29.5 Å². The van der Waals surface area contributed by atoms with Crippen LogP contribution in [-0.2, 0) is 6.42 Å². The minimum Gasteiger partial charge on any atom is -0.208 e. The molecule has 0 aliphatic heterocycles. The Hall–Kier alpha value is -6.49. The fourth-order valence-electron chi connectivity index (χ4n) is 7.82. The quantitative estimate of drug-likeness (QED) is 0.164. The van der Waals surface area contributed by atoms with E-state index in [2.05, 4.69) is 158 Å². The first-order valence-corrected chi connectivity index (χ1v) is 19.9. The molecule has 6 aromatic carbocycles. The van der Waals surface area contributed by atoms with Crippen LogP contribution in [0, 0.1) is 0 Å². The van der Waals surface area contributed by atoms with Gasteiger partial charge in [-0.15, -0.1) is 11.3 Å². The average molecular weight is 724 g/mol. The highest BCUT2D eigenvalue weighted by Crippen LogP contribution is 2.41. The molecule has 0 radical (unpaired) electrons. The summed E-state index contributed by atoms with van der Waals surface area (Å²) in [5.41, 5.74) is 14.0. The second kappa shape index (κ2) is 14.4. The van der Waals surface area contributed by atoms with E-state index in [0.717, 1.165) is 53.5 Å². The van der Waals surface area contributed by atoms with Crippen molar-refractivity contribution in [3.8, 4) is 67.5 Å². The molecule has 0 bridgehead atoms. The molecule has 8 aromatic rings. The molecule has 2 aliphatic rings. The second-order valence-electron chi connectivity index (χ2n) is 14.2. The van der Waals surface area contributed by atoms with Gasteiger partial charge in [-0.1, -0.05) is 133 Å². The van der Waals surface area contributed by atoms with Crippen LogP contribution in [0.5, 0.6) is 0 Å². The molecule has 0 unspecified atom stereocenters. The van der Waals surface area contributed by atoms with Crippen molar-refractivity contribution in [1.82, 2.24) is 15.0 Å². The first kappa shape index (κ1) is 33.1. The van der Waals surface area contributed by atoms with E-state index in [-0.39, 0.29) is 0 Å². The molecule has 0 spiro atoms. The zero-order valence-electron chi connectivity index (χ0n) is 30.3. The van der Waals surface area contributed by atoms with Gasteiger partial charge in [-0.3, -0.25) is 0 Å². The fourth-order valence-corrected chi connectivity index (χ4v) is 9.11.